The molecule has 0 unspecified atom stereocenters. The maximum absolute atomic E-state index is 13.4. The van der Waals surface area contributed by atoms with Gasteiger partial charge in [0.15, 0.2) is 0 Å². The summed E-state index contributed by atoms with van der Waals surface area (Å²) in [6.45, 7) is 0.768. The van der Waals surface area contributed by atoms with Gasteiger partial charge in [0.25, 0.3) is 5.56 Å². The lowest BCUT2D eigenvalue weighted by molar-refractivity contribution is -0.139. The summed E-state index contributed by atoms with van der Waals surface area (Å²) in [5.41, 5.74) is 0.310. The summed E-state index contributed by atoms with van der Waals surface area (Å²) >= 11 is 0. The standard InChI is InChI=1S/C21H19F3N4O2.ClH/c1-27-19(29)12-17(14-6-8-25-9-7-14)26-20(27)28-10-11-30-18(13-28)15-4-2-3-5-16(15)21(22,23)24;/h2-9,12,18H,10-11,13H2,1H3;1H/t18-;/m0./s1. The summed E-state index contributed by atoms with van der Waals surface area (Å²) in [5.74, 6) is 0.382. The Morgan fingerprint density at radius 1 is 1.13 bits per heavy atom. The summed E-state index contributed by atoms with van der Waals surface area (Å²) in [7, 11) is 1.59. The molecule has 0 bridgehead atoms. The number of aromatic nitrogens is 3. The second-order valence-corrected chi connectivity index (χ2v) is 6.96. The quantitative estimate of drug-likeness (QED) is 0.604. The van der Waals surface area contributed by atoms with Crippen molar-refractivity contribution in [1.29, 1.82) is 0 Å². The Morgan fingerprint density at radius 2 is 1.84 bits per heavy atom. The van der Waals surface area contributed by atoms with E-state index in [1.807, 2.05) is 0 Å². The smallest absolute Gasteiger partial charge is 0.370 e. The molecule has 6 nitrogen and oxygen atoms in total. The van der Waals surface area contributed by atoms with E-state index >= 15 is 0 Å². The van der Waals surface area contributed by atoms with E-state index in [9.17, 15) is 18.0 Å². The minimum Gasteiger partial charge on any atom is -0.370 e. The molecule has 1 atom stereocenters. The summed E-state index contributed by atoms with van der Waals surface area (Å²) in [4.78, 5) is 22.9. The van der Waals surface area contributed by atoms with Crippen molar-refractivity contribution in [1.82, 2.24) is 14.5 Å². The number of ether oxygens (including phenoxy) is 1. The normalized spacial score (nSPS) is 16.6. The summed E-state index contributed by atoms with van der Waals surface area (Å²) in [6, 6.07) is 10.3. The SMILES string of the molecule is Cl.Cn1c(N2CCO[C@H](c3ccccc3C(F)(F)F)C2)nc(-c2ccncc2)cc1=O. The molecule has 4 rings (SSSR count). The molecule has 1 aliphatic heterocycles. The lowest BCUT2D eigenvalue weighted by atomic mass is 10.0. The van der Waals surface area contributed by atoms with Gasteiger partial charge in [-0.1, -0.05) is 18.2 Å². The molecule has 0 saturated carbocycles. The molecular weight excluding hydrogens is 433 g/mol. The molecule has 31 heavy (non-hydrogen) atoms. The van der Waals surface area contributed by atoms with Crippen LogP contribution in [-0.2, 0) is 18.0 Å². The van der Waals surface area contributed by atoms with Crippen molar-refractivity contribution in [2.24, 2.45) is 7.05 Å². The van der Waals surface area contributed by atoms with Crippen LogP contribution in [0.25, 0.3) is 11.3 Å². The Hall–Kier alpha value is -2.91. The van der Waals surface area contributed by atoms with Crippen molar-refractivity contribution in [3.05, 3.63) is 76.3 Å². The van der Waals surface area contributed by atoms with Gasteiger partial charge in [-0.2, -0.15) is 13.2 Å². The van der Waals surface area contributed by atoms with Gasteiger partial charge in [-0.05, 0) is 23.8 Å². The van der Waals surface area contributed by atoms with Crippen molar-refractivity contribution in [3.63, 3.8) is 0 Å². The van der Waals surface area contributed by atoms with Crippen molar-refractivity contribution in [2.75, 3.05) is 24.6 Å². The van der Waals surface area contributed by atoms with E-state index in [-0.39, 0.29) is 36.7 Å². The largest absolute Gasteiger partial charge is 0.416 e. The molecule has 0 amide bonds. The third-order valence-electron chi connectivity index (χ3n) is 5.05. The Labute approximate surface area is 182 Å². The van der Waals surface area contributed by atoms with Gasteiger partial charge in [-0.25, -0.2) is 4.98 Å². The van der Waals surface area contributed by atoms with Crippen LogP contribution in [0.15, 0.2) is 59.7 Å². The van der Waals surface area contributed by atoms with Crippen LogP contribution in [0.2, 0.25) is 0 Å². The summed E-state index contributed by atoms with van der Waals surface area (Å²) in [5, 5.41) is 0. The van der Waals surface area contributed by atoms with Crippen LogP contribution in [0, 0.1) is 0 Å². The number of pyridine rings is 1. The summed E-state index contributed by atoms with van der Waals surface area (Å²) in [6.07, 6.45) is -2.06. The van der Waals surface area contributed by atoms with Gasteiger partial charge >= 0.3 is 6.18 Å². The second-order valence-electron chi connectivity index (χ2n) is 6.96. The molecule has 0 aliphatic carbocycles. The fourth-order valence-electron chi connectivity index (χ4n) is 3.54. The molecule has 10 heteroatoms. The van der Waals surface area contributed by atoms with Gasteiger partial charge < -0.3 is 9.64 Å². The van der Waals surface area contributed by atoms with Gasteiger partial charge in [-0.3, -0.25) is 14.3 Å². The van der Waals surface area contributed by atoms with E-state index in [0.717, 1.165) is 11.6 Å². The molecule has 0 spiro atoms. The van der Waals surface area contributed by atoms with Gasteiger partial charge in [0, 0.05) is 37.6 Å². The Bertz CT molecular complexity index is 1110. The first-order valence-corrected chi connectivity index (χ1v) is 9.36. The van der Waals surface area contributed by atoms with E-state index in [0.29, 0.717) is 18.2 Å². The van der Waals surface area contributed by atoms with Crippen molar-refractivity contribution in [2.45, 2.75) is 12.3 Å². The molecule has 1 aliphatic rings. The van der Waals surface area contributed by atoms with Gasteiger partial charge in [0.1, 0.15) is 6.10 Å². The first-order valence-electron chi connectivity index (χ1n) is 9.36. The third kappa shape index (κ3) is 4.72. The number of anilines is 1. The van der Waals surface area contributed by atoms with Crippen molar-refractivity contribution >= 4 is 18.4 Å². The molecule has 1 aromatic carbocycles. The topological polar surface area (TPSA) is 60.2 Å². The van der Waals surface area contributed by atoms with Crippen molar-refractivity contribution < 1.29 is 17.9 Å². The third-order valence-corrected chi connectivity index (χ3v) is 5.05. The first-order chi connectivity index (χ1) is 14.3. The molecule has 164 valence electrons. The maximum Gasteiger partial charge on any atom is 0.416 e. The minimum absolute atomic E-state index is 0. The number of benzene rings is 1. The minimum atomic E-state index is -4.48. The lowest BCUT2D eigenvalue weighted by Crippen LogP contribution is -2.42. The van der Waals surface area contributed by atoms with E-state index in [1.54, 1.807) is 42.5 Å². The van der Waals surface area contributed by atoms with E-state index in [4.69, 9.17) is 4.74 Å². The fraction of sp³-hybridized carbons (Fsp3) is 0.286. The van der Waals surface area contributed by atoms with Crippen LogP contribution in [0.3, 0.4) is 0 Å². The Balaban J connectivity index is 0.00000272. The predicted molar refractivity (Wildman–Crippen MR) is 112 cm³/mol. The molecule has 2 aromatic heterocycles. The maximum atomic E-state index is 13.4. The average Bonchev–Trinajstić information content (AvgIpc) is 2.75. The van der Waals surface area contributed by atoms with Crippen LogP contribution < -0.4 is 10.5 Å². The molecule has 0 N–H and O–H groups in total. The molecular formula is C21H20ClF3N4O2. The number of nitrogens with zero attached hydrogens (tertiary/aromatic N) is 4. The highest BCUT2D eigenvalue weighted by atomic mass is 35.5. The average molecular weight is 453 g/mol. The monoisotopic (exact) mass is 452 g/mol. The number of hydrogen-bond acceptors (Lipinski definition) is 5. The van der Waals surface area contributed by atoms with Crippen molar-refractivity contribution in [3.8, 4) is 11.3 Å². The molecule has 3 heterocycles. The number of halogens is 4. The highest BCUT2D eigenvalue weighted by Crippen LogP contribution is 2.37. The van der Waals surface area contributed by atoms with Gasteiger partial charge in [0.05, 0.1) is 24.4 Å². The van der Waals surface area contributed by atoms with Gasteiger partial charge in [0.2, 0.25) is 5.95 Å². The number of rotatable bonds is 3. The lowest BCUT2D eigenvalue weighted by Gasteiger charge is -2.35. The fourth-order valence-corrected chi connectivity index (χ4v) is 3.54. The molecule has 1 fully saturated rings. The number of alkyl halides is 3. The van der Waals surface area contributed by atoms with E-state index in [2.05, 4.69) is 9.97 Å². The number of hydrogen-bond donors (Lipinski definition) is 0. The van der Waals surface area contributed by atoms with E-state index < -0.39 is 17.8 Å². The zero-order valence-corrected chi connectivity index (χ0v) is 17.4. The molecule has 3 aromatic rings. The van der Waals surface area contributed by atoms with Crippen LogP contribution in [0.5, 0.6) is 0 Å². The number of morpholine rings is 1. The molecule has 1 saturated heterocycles. The molecule has 0 radical (unpaired) electrons. The first kappa shape index (κ1) is 22.8. The zero-order valence-electron chi connectivity index (χ0n) is 16.5. The van der Waals surface area contributed by atoms with Gasteiger partial charge in [-0.15, -0.1) is 12.4 Å². The Morgan fingerprint density at radius 3 is 2.55 bits per heavy atom. The summed E-state index contributed by atoms with van der Waals surface area (Å²) < 4.78 is 47.4. The Kier molecular flexibility index (Phi) is 6.66. The van der Waals surface area contributed by atoms with Crippen LogP contribution in [-0.4, -0.2) is 34.2 Å². The van der Waals surface area contributed by atoms with Crippen LogP contribution in [0.4, 0.5) is 19.1 Å². The van der Waals surface area contributed by atoms with Crippen LogP contribution >= 0.6 is 12.4 Å². The zero-order chi connectivity index (χ0) is 21.3. The second kappa shape index (κ2) is 9.07. The highest BCUT2D eigenvalue weighted by molar-refractivity contribution is 5.85. The van der Waals surface area contributed by atoms with Crippen LogP contribution in [0.1, 0.15) is 17.2 Å². The highest BCUT2D eigenvalue weighted by Gasteiger charge is 2.36. The van der Waals surface area contributed by atoms with E-state index in [1.165, 1.54) is 22.8 Å². The predicted octanol–water partition coefficient (Wildman–Crippen LogP) is 3.86.